The second-order valence-corrected chi connectivity index (χ2v) is 25.3. The van der Waals surface area contributed by atoms with Crippen LogP contribution >= 0.6 is 11.3 Å². The Morgan fingerprint density at radius 1 is 0.368 bits per heavy atom. The highest BCUT2D eigenvalue weighted by Gasteiger charge is 2.41. The zero-order chi connectivity index (χ0) is 52.4. The van der Waals surface area contributed by atoms with Crippen LogP contribution in [0.3, 0.4) is 0 Å². The lowest BCUT2D eigenvalue weighted by molar-refractivity contribution is 0.297. The molecule has 0 bridgehead atoms. The predicted molar refractivity (Wildman–Crippen MR) is 323 cm³/mol. The fraction of sp³-hybridized carbons (Fsp3) is 0.229. The lowest BCUT2D eigenvalue weighted by atomic mass is 9.85. The standard InChI is InChI=1S/C70H65N3O2S/c1-43-34-61-67-62(35-43)72(54-37-48(44-16-22-50(23-17-44)68(2,3)4)36-49(38-54)45-18-24-51(25-19-45)69(5,6)7)58-39-46(47-20-30-56-55-14-11-12-15-65(55)76-66(56)40-47)21-31-57(58)73(67)60-42-64-63(74-32-13-33-75-64)41-59(60)71(61)53-28-26-52(27-29-53)70(8,9)10/h11-12,14-31,34-42H,13,32-33H2,1-10H3. The van der Waals surface area contributed by atoms with Gasteiger partial charge in [0.05, 0.1) is 53.0 Å². The molecule has 76 heavy (non-hydrogen) atoms. The maximum atomic E-state index is 6.55. The van der Waals surface area contributed by atoms with Crippen molar-refractivity contribution in [3.05, 3.63) is 198 Å². The molecule has 10 aromatic rings. The van der Waals surface area contributed by atoms with E-state index in [1.54, 1.807) is 0 Å². The monoisotopic (exact) mass is 1010 g/mol. The van der Waals surface area contributed by atoms with Gasteiger partial charge in [-0.3, -0.25) is 0 Å². The molecule has 0 aliphatic carbocycles. The number of benzene rings is 9. The topological polar surface area (TPSA) is 28.2 Å². The molecule has 0 spiro atoms. The van der Waals surface area contributed by atoms with Crippen LogP contribution in [-0.2, 0) is 16.2 Å². The van der Waals surface area contributed by atoms with Crippen molar-refractivity contribution in [1.82, 2.24) is 0 Å². The largest absolute Gasteiger partial charge is 0.489 e. The molecule has 3 aliphatic rings. The van der Waals surface area contributed by atoms with Gasteiger partial charge in [-0.1, -0.05) is 159 Å². The van der Waals surface area contributed by atoms with Crippen molar-refractivity contribution in [3.8, 4) is 44.9 Å². The molecule has 0 saturated carbocycles. The summed E-state index contributed by atoms with van der Waals surface area (Å²) in [7, 11) is 0. The first-order chi connectivity index (χ1) is 36.4. The lowest BCUT2D eigenvalue weighted by Gasteiger charge is -2.47. The van der Waals surface area contributed by atoms with Gasteiger partial charge in [0, 0.05) is 50.1 Å². The van der Waals surface area contributed by atoms with Crippen LogP contribution in [0.2, 0.25) is 0 Å². The summed E-state index contributed by atoms with van der Waals surface area (Å²) in [5, 5.41) is 2.60. The molecule has 0 amide bonds. The number of anilines is 9. The van der Waals surface area contributed by atoms with Crippen molar-refractivity contribution in [3.63, 3.8) is 0 Å². The molecule has 0 saturated heterocycles. The number of fused-ring (bicyclic) bond motifs is 8. The molecule has 0 fully saturated rings. The van der Waals surface area contributed by atoms with Gasteiger partial charge in [-0.2, -0.15) is 0 Å². The minimum Gasteiger partial charge on any atom is -0.489 e. The first-order valence-electron chi connectivity index (χ1n) is 27.0. The number of aryl methyl sites for hydroxylation is 1. The van der Waals surface area contributed by atoms with Crippen molar-refractivity contribution in [2.45, 2.75) is 91.9 Å². The van der Waals surface area contributed by atoms with Crippen LogP contribution in [-0.4, -0.2) is 13.2 Å². The third-order valence-electron chi connectivity index (χ3n) is 15.8. The van der Waals surface area contributed by atoms with Crippen LogP contribution in [0.15, 0.2) is 176 Å². The fourth-order valence-corrected chi connectivity index (χ4v) is 12.7. The average molecular weight is 1010 g/mol. The van der Waals surface area contributed by atoms with E-state index in [0.29, 0.717) is 13.2 Å². The van der Waals surface area contributed by atoms with E-state index >= 15 is 0 Å². The Morgan fingerprint density at radius 2 is 0.842 bits per heavy atom. The number of ether oxygens (including phenoxy) is 2. The highest BCUT2D eigenvalue weighted by molar-refractivity contribution is 7.25. The van der Waals surface area contributed by atoms with Crippen LogP contribution in [0.4, 0.5) is 51.2 Å². The van der Waals surface area contributed by atoms with Gasteiger partial charge < -0.3 is 24.2 Å². The highest BCUT2D eigenvalue weighted by atomic mass is 32.1. The number of rotatable bonds is 5. The summed E-state index contributed by atoms with van der Waals surface area (Å²) in [5.41, 5.74) is 21.9. The molecule has 1 aromatic heterocycles. The van der Waals surface area contributed by atoms with E-state index in [1.807, 2.05) is 11.3 Å². The summed E-state index contributed by atoms with van der Waals surface area (Å²) in [4.78, 5) is 7.50. The van der Waals surface area contributed by atoms with E-state index < -0.39 is 0 Å². The number of nitrogens with zero attached hydrogens (tertiary/aromatic N) is 3. The lowest BCUT2D eigenvalue weighted by Crippen LogP contribution is -2.30. The molecular weight excluding hydrogens is 947 g/mol. The quantitative estimate of drug-likeness (QED) is 0.171. The highest BCUT2D eigenvalue weighted by Crippen LogP contribution is 2.65. The van der Waals surface area contributed by atoms with Gasteiger partial charge in [0.25, 0.3) is 0 Å². The molecule has 5 nitrogen and oxygen atoms in total. The fourth-order valence-electron chi connectivity index (χ4n) is 11.5. The Balaban J connectivity index is 1.09. The number of thiophene rings is 1. The van der Waals surface area contributed by atoms with E-state index in [-0.39, 0.29) is 16.2 Å². The van der Waals surface area contributed by atoms with Crippen molar-refractivity contribution in [2.75, 3.05) is 27.9 Å². The molecule has 3 aliphatic heterocycles. The van der Waals surface area contributed by atoms with E-state index in [1.165, 1.54) is 53.6 Å². The van der Waals surface area contributed by atoms with Crippen LogP contribution < -0.4 is 24.2 Å². The summed E-state index contributed by atoms with van der Waals surface area (Å²) >= 11 is 1.86. The summed E-state index contributed by atoms with van der Waals surface area (Å²) in [6.45, 7) is 24.0. The van der Waals surface area contributed by atoms with Crippen molar-refractivity contribution in [2.24, 2.45) is 0 Å². The third-order valence-corrected chi connectivity index (χ3v) is 16.9. The normalized spacial score (nSPS) is 14.2. The van der Waals surface area contributed by atoms with Crippen LogP contribution in [0.1, 0.15) is 91.0 Å². The van der Waals surface area contributed by atoms with E-state index in [4.69, 9.17) is 9.47 Å². The smallest absolute Gasteiger partial charge is 0.163 e. The Labute approximate surface area is 452 Å². The summed E-state index contributed by atoms with van der Waals surface area (Å²) in [6.07, 6.45) is 0.820. The predicted octanol–water partition coefficient (Wildman–Crippen LogP) is 20.5. The molecule has 0 unspecified atom stereocenters. The first kappa shape index (κ1) is 47.9. The SMILES string of the molecule is Cc1cc2c3c(c1)N(c1ccc(C(C)(C)C)cc1)c1cc4c(cc1N3c1ccc(-c3ccc5c(c3)sc3ccccc35)cc1N2c1cc(-c2ccc(C(C)(C)C)cc2)cc(-c2ccc(C(C)(C)C)cc2)c1)OCCCO4. The Hall–Kier alpha value is -7.80. The van der Waals surface area contributed by atoms with Gasteiger partial charge >= 0.3 is 0 Å². The molecular formula is C70H65N3O2S. The second-order valence-electron chi connectivity index (χ2n) is 24.2. The van der Waals surface area contributed by atoms with E-state index in [0.717, 1.165) is 91.4 Å². The van der Waals surface area contributed by atoms with Gasteiger partial charge in [-0.15, -0.1) is 11.3 Å². The zero-order valence-electron chi connectivity index (χ0n) is 45.4. The van der Waals surface area contributed by atoms with Crippen molar-refractivity contribution in [1.29, 1.82) is 0 Å². The maximum absolute atomic E-state index is 6.55. The first-order valence-corrected chi connectivity index (χ1v) is 27.8. The summed E-state index contributed by atoms with van der Waals surface area (Å²) in [6, 6.07) is 66.9. The van der Waals surface area contributed by atoms with Gasteiger partial charge in [0.1, 0.15) is 0 Å². The average Bonchev–Trinajstić information content (AvgIpc) is 3.80. The molecule has 9 aromatic carbocycles. The van der Waals surface area contributed by atoms with Gasteiger partial charge in [-0.05, 0) is 146 Å². The molecule has 6 heteroatoms. The molecule has 13 rings (SSSR count). The van der Waals surface area contributed by atoms with Gasteiger partial charge in [0.2, 0.25) is 0 Å². The number of hydrogen-bond acceptors (Lipinski definition) is 6. The Morgan fingerprint density at radius 3 is 1.42 bits per heavy atom. The maximum Gasteiger partial charge on any atom is 0.163 e. The van der Waals surface area contributed by atoms with Crippen molar-refractivity contribution >= 4 is 82.7 Å². The van der Waals surface area contributed by atoms with Crippen LogP contribution in [0.25, 0.3) is 53.6 Å². The minimum atomic E-state index is 0.00345. The van der Waals surface area contributed by atoms with E-state index in [9.17, 15) is 0 Å². The summed E-state index contributed by atoms with van der Waals surface area (Å²) < 4.78 is 15.6. The summed E-state index contributed by atoms with van der Waals surface area (Å²) in [5.74, 6) is 1.53. The molecule has 0 N–H and O–H groups in total. The molecule has 0 atom stereocenters. The van der Waals surface area contributed by atoms with Crippen LogP contribution in [0.5, 0.6) is 11.5 Å². The molecule has 378 valence electrons. The number of hydrogen-bond donors (Lipinski definition) is 0. The molecule has 0 radical (unpaired) electrons. The zero-order valence-corrected chi connectivity index (χ0v) is 46.2. The van der Waals surface area contributed by atoms with Crippen LogP contribution in [0, 0.1) is 6.92 Å². The Kier molecular flexibility index (Phi) is 11.1. The van der Waals surface area contributed by atoms with Crippen molar-refractivity contribution < 1.29 is 9.47 Å². The third kappa shape index (κ3) is 8.20. The second kappa shape index (κ2) is 17.6. The minimum absolute atomic E-state index is 0.00345. The van der Waals surface area contributed by atoms with E-state index in [2.05, 4.69) is 260 Å². The van der Waals surface area contributed by atoms with Gasteiger partial charge in [0.15, 0.2) is 11.5 Å². The van der Waals surface area contributed by atoms with Gasteiger partial charge in [-0.25, -0.2) is 0 Å². The molecule has 4 heterocycles. The Bertz CT molecular complexity index is 3850.